The minimum absolute atomic E-state index is 0.0656. The number of carbonyl (C=O) groups excluding carboxylic acids is 1. The summed E-state index contributed by atoms with van der Waals surface area (Å²) in [5.41, 5.74) is 0.961. The Morgan fingerprint density at radius 2 is 2.29 bits per heavy atom. The molecule has 0 saturated carbocycles. The van der Waals surface area contributed by atoms with Gasteiger partial charge >= 0.3 is 0 Å². The second-order valence-corrected chi connectivity index (χ2v) is 4.13. The van der Waals surface area contributed by atoms with Crippen molar-refractivity contribution in [2.45, 2.75) is 6.42 Å². The highest BCUT2D eigenvalue weighted by atomic mass is 35.5. The van der Waals surface area contributed by atoms with Crippen molar-refractivity contribution in [3.8, 4) is 0 Å². The highest BCUT2D eigenvalue weighted by molar-refractivity contribution is 6.31. The van der Waals surface area contributed by atoms with Gasteiger partial charge in [-0.1, -0.05) is 11.6 Å². The molecule has 2 rings (SSSR count). The highest BCUT2D eigenvalue weighted by Crippen LogP contribution is 2.19. The first-order valence-electron chi connectivity index (χ1n) is 5.01. The average molecular weight is 253 g/mol. The highest BCUT2D eigenvalue weighted by Gasteiger charge is 2.13. The third kappa shape index (κ3) is 2.53. The predicted molar refractivity (Wildman–Crippen MR) is 62.7 cm³/mol. The Hall–Kier alpha value is -1.68. The van der Waals surface area contributed by atoms with E-state index in [1.165, 1.54) is 24.4 Å². The number of hydrogen-bond donors (Lipinski definition) is 0. The summed E-state index contributed by atoms with van der Waals surface area (Å²) >= 11 is 5.90. The molecular formula is C12H10ClFN2O. The lowest BCUT2D eigenvalue weighted by Gasteiger charge is -2.04. The number of Topliss-reactive ketones (excluding diaryl/α,β-unsaturated/α-hetero) is 1. The maximum Gasteiger partial charge on any atom is 0.185 e. The zero-order valence-electron chi connectivity index (χ0n) is 9.15. The molecule has 0 aliphatic heterocycles. The van der Waals surface area contributed by atoms with Gasteiger partial charge in [-0.3, -0.25) is 4.79 Å². The first-order chi connectivity index (χ1) is 8.08. The van der Waals surface area contributed by atoms with Gasteiger partial charge in [0, 0.05) is 18.5 Å². The molecule has 0 bridgehead atoms. The third-order valence-corrected chi connectivity index (χ3v) is 2.83. The van der Waals surface area contributed by atoms with E-state index in [4.69, 9.17) is 11.6 Å². The average Bonchev–Trinajstić information content (AvgIpc) is 2.70. The van der Waals surface area contributed by atoms with E-state index in [1.54, 1.807) is 17.9 Å². The molecule has 1 aromatic carbocycles. The van der Waals surface area contributed by atoms with Gasteiger partial charge < -0.3 is 4.57 Å². The predicted octanol–water partition coefficient (Wildman–Crippen LogP) is 2.64. The van der Waals surface area contributed by atoms with Crippen molar-refractivity contribution < 1.29 is 9.18 Å². The standard InChI is InChI=1S/C12H10ClFN2O/c1-16-7-15-6-11(16)12(17)5-8-4-9(14)2-3-10(8)13/h2-4,6-7H,5H2,1H3. The van der Waals surface area contributed by atoms with Crippen LogP contribution in [0.2, 0.25) is 5.02 Å². The summed E-state index contributed by atoms with van der Waals surface area (Å²) in [6.07, 6.45) is 3.09. The number of ketones is 1. The summed E-state index contributed by atoms with van der Waals surface area (Å²) < 4.78 is 14.7. The number of carbonyl (C=O) groups is 1. The van der Waals surface area contributed by atoms with Gasteiger partial charge in [-0.05, 0) is 23.8 Å². The summed E-state index contributed by atoms with van der Waals surface area (Å²) in [6.45, 7) is 0. The zero-order valence-corrected chi connectivity index (χ0v) is 9.91. The second kappa shape index (κ2) is 4.67. The third-order valence-electron chi connectivity index (χ3n) is 2.46. The van der Waals surface area contributed by atoms with Crippen molar-refractivity contribution in [2.75, 3.05) is 0 Å². The summed E-state index contributed by atoms with van der Waals surface area (Å²) in [5.74, 6) is -0.542. The fraction of sp³-hybridized carbons (Fsp3) is 0.167. The molecule has 5 heteroatoms. The van der Waals surface area contributed by atoms with Crippen LogP contribution in [-0.2, 0) is 13.5 Å². The molecule has 0 spiro atoms. The van der Waals surface area contributed by atoms with Crippen LogP contribution in [0.4, 0.5) is 4.39 Å². The van der Waals surface area contributed by atoms with Gasteiger partial charge in [0.05, 0.1) is 12.5 Å². The van der Waals surface area contributed by atoms with Gasteiger partial charge in [0.15, 0.2) is 5.78 Å². The van der Waals surface area contributed by atoms with Crippen LogP contribution in [0.3, 0.4) is 0 Å². The lowest BCUT2D eigenvalue weighted by molar-refractivity contribution is 0.0985. The Bertz CT molecular complexity index is 565. The SMILES string of the molecule is Cn1cncc1C(=O)Cc1cc(F)ccc1Cl. The Labute approximate surface area is 103 Å². The van der Waals surface area contributed by atoms with E-state index in [0.717, 1.165) is 0 Å². The number of aryl methyl sites for hydroxylation is 1. The van der Waals surface area contributed by atoms with E-state index in [1.807, 2.05) is 0 Å². The van der Waals surface area contributed by atoms with Crippen LogP contribution < -0.4 is 0 Å². The number of aromatic nitrogens is 2. The molecule has 2 aromatic rings. The van der Waals surface area contributed by atoms with E-state index in [2.05, 4.69) is 4.98 Å². The molecular weight excluding hydrogens is 243 g/mol. The van der Waals surface area contributed by atoms with Crippen LogP contribution >= 0.6 is 11.6 Å². The largest absolute Gasteiger partial charge is 0.331 e. The van der Waals surface area contributed by atoms with Crippen molar-refractivity contribution in [3.63, 3.8) is 0 Å². The first-order valence-corrected chi connectivity index (χ1v) is 5.39. The van der Waals surface area contributed by atoms with Crippen molar-refractivity contribution in [3.05, 3.63) is 52.8 Å². The van der Waals surface area contributed by atoms with E-state index in [-0.39, 0.29) is 12.2 Å². The van der Waals surface area contributed by atoms with E-state index in [9.17, 15) is 9.18 Å². The first kappa shape index (κ1) is 11.8. The van der Waals surface area contributed by atoms with Crippen LogP contribution in [-0.4, -0.2) is 15.3 Å². The molecule has 1 aromatic heterocycles. The van der Waals surface area contributed by atoms with E-state index in [0.29, 0.717) is 16.3 Å². The summed E-state index contributed by atoms with van der Waals surface area (Å²) in [5, 5.41) is 0.391. The maximum atomic E-state index is 13.0. The molecule has 0 atom stereocenters. The molecule has 0 unspecified atom stereocenters. The maximum absolute atomic E-state index is 13.0. The molecule has 0 aliphatic carbocycles. The van der Waals surface area contributed by atoms with Crippen molar-refractivity contribution in [1.29, 1.82) is 0 Å². The van der Waals surface area contributed by atoms with Crippen molar-refractivity contribution in [2.24, 2.45) is 7.05 Å². The van der Waals surface area contributed by atoms with Crippen LogP contribution in [0.25, 0.3) is 0 Å². The Kier molecular flexibility index (Phi) is 3.24. The van der Waals surface area contributed by atoms with Crippen LogP contribution in [0, 0.1) is 5.82 Å². The lowest BCUT2D eigenvalue weighted by atomic mass is 10.1. The lowest BCUT2D eigenvalue weighted by Crippen LogP contribution is -2.08. The number of hydrogen-bond acceptors (Lipinski definition) is 2. The molecule has 1 heterocycles. The second-order valence-electron chi connectivity index (χ2n) is 3.73. The number of imidazole rings is 1. The number of nitrogens with zero attached hydrogens (tertiary/aromatic N) is 2. The summed E-state index contributed by atoms with van der Waals surface area (Å²) in [4.78, 5) is 15.8. The van der Waals surface area contributed by atoms with Gasteiger partial charge in [-0.25, -0.2) is 9.37 Å². The molecule has 0 fully saturated rings. The monoisotopic (exact) mass is 252 g/mol. The Balaban J connectivity index is 2.24. The minimum atomic E-state index is -0.401. The molecule has 17 heavy (non-hydrogen) atoms. The molecule has 88 valence electrons. The topological polar surface area (TPSA) is 34.9 Å². The number of halogens is 2. The number of rotatable bonds is 3. The van der Waals surface area contributed by atoms with Crippen LogP contribution in [0.15, 0.2) is 30.7 Å². The molecule has 0 aliphatic rings. The van der Waals surface area contributed by atoms with E-state index < -0.39 is 5.82 Å². The summed E-state index contributed by atoms with van der Waals surface area (Å²) in [7, 11) is 1.73. The van der Waals surface area contributed by atoms with Crippen molar-refractivity contribution in [1.82, 2.24) is 9.55 Å². The van der Waals surface area contributed by atoms with Crippen LogP contribution in [0.1, 0.15) is 16.1 Å². The molecule has 0 saturated heterocycles. The van der Waals surface area contributed by atoms with Gasteiger partial charge in [-0.2, -0.15) is 0 Å². The van der Waals surface area contributed by atoms with Gasteiger partial charge in [0.25, 0.3) is 0 Å². The zero-order chi connectivity index (χ0) is 12.4. The Morgan fingerprint density at radius 1 is 1.53 bits per heavy atom. The van der Waals surface area contributed by atoms with Gasteiger partial charge in [-0.15, -0.1) is 0 Å². The Morgan fingerprint density at radius 3 is 2.94 bits per heavy atom. The minimum Gasteiger partial charge on any atom is -0.331 e. The summed E-state index contributed by atoms with van der Waals surface area (Å²) in [6, 6.07) is 3.99. The van der Waals surface area contributed by atoms with Crippen molar-refractivity contribution >= 4 is 17.4 Å². The van der Waals surface area contributed by atoms with E-state index >= 15 is 0 Å². The smallest absolute Gasteiger partial charge is 0.185 e. The quantitative estimate of drug-likeness (QED) is 0.787. The fourth-order valence-corrected chi connectivity index (χ4v) is 1.75. The van der Waals surface area contributed by atoms with Gasteiger partial charge in [0.2, 0.25) is 0 Å². The van der Waals surface area contributed by atoms with Crippen LogP contribution in [0.5, 0.6) is 0 Å². The molecule has 0 N–H and O–H groups in total. The fourth-order valence-electron chi connectivity index (χ4n) is 1.57. The molecule has 3 nitrogen and oxygen atoms in total. The number of benzene rings is 1. The normalized spacial score (nSPS) is 10.5. The molecule has 0 amide bonds. The molecule has 0 radical (unpaired) electrons. The van der Waals surface area contributed by atoms with Gasteiger partial charge in [0.1, 0.15) is 11.5 Å².